The molecule has 0 radical (unpaired) electrons. The summed E-state index contributed by atoms with van der Waals surface area (Å²) < 4.78 is 2.21. The van der Waals surface area contributed by atoms with Gasteiger partial charge in [0.2, 0.25) is 0 Å². The first kappa shape index (κ1) is 14.4. The van der Waals surface area contributed by atoms with Gasteiger partial charge in [-0.05, 0) is 36.8 Å². The van der Waals surface area contributed by atoms with Crippen molar-refractivity contribution in [3.63, 3.8) is 0 Å². The van der Waals surface area contributed by atoms with Gasteiger partial charge in [-0.3, -0.25) is 4.79 Å². The molecule has 1 aliphatic rings. The van der Waals surface area contributed by atoms with Crippen molar-refractivity contribution in [1.29, 1.82) is 0 Å². The third-order valence-electron chi connectivity index (χ3n) is 4.19. The van der Waals surface area contributed by atoms with Crippen molar-refractivity contribution in [3.8, 4) is 0 Å². The number of para-hydroxylation sites is 2. The van der Waals surface area contributed by atoms with E-state index in [0.29, 0.717) is 5.92 Å². The van der Waals surface area contributed by atoms with E-state index in [-0.39, 0.29) is 5.75 Å². The van der Waals surface area contributed by atoms with Crippen LogP contribution < -0.4 is 0 Å². The first-order valence-electron chi connectivity index (χ1n) is 7.43. The van der Waals surface area contributed by atoms with Crippen LogP contribution in [0.5, 0.6) is 0 Å². The third-order valence-corrected chi connectivity index (χ3v) is 5.15. The van der Waals surface area contributed by atoms with Gasteiger partial charge < -0.3 is 9.67 Å². The summed E-state index contributed by atoms with van der Waals surface area (Å²) in [6, 6.07) is 8.06. The number of carbonyl (C=O) groups is 1. The number of imidazole rings is 1. The van der Waals surface area contributed by atoms with Gasteiger partial charge in [-0.25, -0.2) is 4.98 Å². The van der Waals surface area contributed by atoms with Gasteiger partial charge in [-0.2, -0.15) is 0 Å². The van der Waals surface area contributed by atoms with Gasteiger partial charge in [0.15, 0.2) is 5.16 Å². The molecule has 2 aromatic rings. The van der Waals surface area contributed by atoms with Gasteiger partial charge in [0.25, 0.3) is 0 Å². The van der Waals surface area contributed by atoms with Crippen LogP contribution in [0.1, 0.15) is 26.2 Å². The lowest BCUT2D eigenvalue weighted by Crippen LogP contribution is -2.10. The van der Waals surface area contributed by atoms with Crippen LogP contribution in [0.15, 0.2) is 29.4 Å². The minimum Gasteiger partial charge on any atom is -0.481 e. The first-order valence-corrected chi connectivity index (χ1v) is 8.42. The molecule has 3 rings (SSSR count). The minimum absolute atomic E-state index is 0.0599. The van der Waals surface area contributed by atoms with E-state index in [1.54, 1.807) is 0 Å². The van der Waals surface area contributed by atoms with Gasteiger partial charge in [-0.15, -0.1) is 0 Å². The number of aliphatic carboxylic acids is 1. The third kappa shape index (κ3) is 3.23. The number of carboxylic acid groups (broad SMARTS) is 1. The van der Waals surface area contributed by atoms with Crippen molar-refractivity contribution in [2.45, 2.75) is 37.9 Å². The van der Waals surface area contributed by atoms with Gasteiger partial charge in [0.05, 0.1) is 16.8 Å². The molecule has 1 heterocycles. The van der Waals surface area contributed by atoms with E-state index in [1.807, 2.05) is 18.2 Å². The molecule has 1 N–H and O–H groups in total. The molecule has 0 amide bonds. The topological polar surface area (TPSA) is 55.1 Å². The van der Waals surface area contributed by atoms with Crippen molar-refractivity contribution in [2.75, 3.05) is 5.75 Å². The Labute approximate surface area is 128 Å². The Balaban J connectivity index is 1.89. The zero-order valence-electron chi connectivity index (χ0n) is 12.2. The molecule has 2 unspecified atom stereocenters. The number of nitrogens with zero attached hydrogens (tertiary/aromatic N) is 2. The second-order valence-electron chi connectivity index (χ2n) is 5.96. The normalized spacial score (nSPS) is 22.0. The molecule has 0 aliphatic heterocycles. The Hall–Kier alpha value is -1.49. The van der Waals surface area contributed by atoms with Crippen molar-refractivity contribution in [1.82, 2.24) is 9.55 Å². The fraction of sp³-hybridized carbons (Fsp3) is 0.500. The molecular formula is C16H20N2O2S. The number of benzene rings is 1. The summed E-state index contributed by atoms with van der Waals surface area (Å²) in [6.07, 6.45) is 3.82. The summed E-state index contributed by atoms with van der Waals surface area (Å²) in [5, 5.41) is 9.73. The van der Waals surface area contributed by atoms with E-state index in [0.717, 1.165) is 28.7 Å². The van der Waals surface area contributed by atoms with Crippen molar-refractivity contribution >= 4 is 28.8 Å². The predicted molar refractivity (Wildman–Crippen MR) is 84.6 cm³/mol. The zero-order chi connectivity index (χ0) is 14.8. The molecule has 1 saturated carbocycles. The van der Waals surface area contributed by atoms with Gasteiger partial charge in [0, 0.05) is 6.54 Å². The minimum atomic E-state index is -0.798. The highest BCUT2D eigenvalue weighted by Gasteiger charge is 2.23. The molecule has 1 aromatic carbocycles. The number of aromatic nitrogens is 2. The monoisotopic (exact) mass is 304 g/mol. The molecule has 0 bridgehead atoms. The fourth-order valence-corrected chi connectivity index (χ4v) is 3.96. The number of rotatable bonds is 5. The molecule has 2 atom stereocenters. The summed E-state index contributed by atoms with van der Waals surface area (Å²) >= 11 is 1.32. The first-order chi connectivity index (χ1) is 10.1. The molecule has 1 aliphatic carbocycles. The van der Waals surface area contributed by atoms with Crippen molar-refractivity contribution < 1.29 is 9.90 Å². The summed E-state index contributed by atoms with van der Waals surface area (Å²) in [6.45, 7) is 3.26. The predicted octanol–water partition coefficient (Wildman–Crippen LogP) is 3.65. The van der Waals surface area contributed by atoms with Crippen LogP contribution >= 0.6 is 11.8 Å². The highest BCUT2D eigenvalue weighted by atomic mass is 32.2. The van der Waals surface area contributed by atoms with Gasteiger partial charge in [0.1, 0.15) is 0 Å². The van der Waals surface area contributed by atoms with E-state index in [4.69, 9.17) is 5.11 Å². The number of fused-ring (bicyclic) bond motifs is 1. The highest BCUT2D eigenvalue weighted by molar-refractivity contribution is 7.99. The maximum Gasteiger partial charge on any atom is 0.313 e. The zero-order valence-corrected chi connectivity index (χ0v) is 13.0. The lowest BCUT2D eigenvalue weighted by molar-refractivity contribution is -0.133. The molecule has 1 aromatic heterocycles. The summed E-state index contributed by atoms with van der Waals surface area (Å²) in [5.41, 5.74) is 2.07. The van der Waals surface area contributed by atoms with Crippen LogP contribution in [0.2, 0.25) is 0 Å². The SMILES string of the molecule is CC1CCC(Cn2c(SCC(=O)O)nc3ccccc32)C1. The molecule has 1 fully saturated rings. The Kier molecular flexibility index (Phi) is 4.19. The van der Waals surface area contributed by atoms with E-state index >= 15 is 0 Å². The van der Waals surface area contributed by atoms with Crippen LogP contribution in [-0.4, -0.2) is 26.4 Å². The molecular weight excluding hydrogens is 284 g/mol. The largest absolute Gasteiger partial charge is 0.481 e. The van der Waals surface area contributed by atoms with Crippen LogP contribution in [0.25, 0.3) is 11.0 Å². The molecule has 4 nitrogen and oxygen atoms in total. The standard InChI is InChI=1S/C16H20N2O2S/c1-11-6-7-12(8-11)9-18-14-5-3-2-4-13(14)17-16(18)21-10-15(19)20/h2-5,11-12H,6-10H2,1H3,(H,19,20). The average molecular weight is 304 g/mol. The summed E-state index contributed by atoms with van der Waals surface area (Å²) in [7, 11) is 0. The van der Waals surface area contributed by atoms with Crippen LogP contribution in [0.3, 0.4) is 0 Å². The van der Waals surface area contributed by atoms with E-state index in [1.165, 1.54) is 31.0 Å². The quantitative estimate of drug-likeness (QED) is 0.857. The number of thioether (sulfide) groups is 1. The fourth-order valence-electron chi connectivity index (χ4n) is 3.22. The van der Waals surface area contributed by atoms with Crippen molar-refractivity contribution in [3.05, 3.63) is 24.3 Å². The van der Waals surface area contributed by atoms with Crippen LogP contribution in [-0.2, 0) is 11.3 Å². The molecule has 21 heavy (non-hydrogen) atoms. The second-order valence-corrected chi connectivity index (χ2v) is 6.90. The maximum atomic E-state index is 10.8. The van der Waals surface area contributed by atoms with E-state index < -0.39 is 5.97 Å². The Morgan fingerprint density at radius 2 is 2.24 bits per heavy atom. The lowest BCUT2D eigenvalue weighted by Gasteiger charge is -2.14. The average Bonchev–Trinajstić information content (AvgIpc) is 3.01. The van der Waals surface area contributed by atoms with E-state index in [2.05, 4.69) is 22.5 Å². The van der Waals surface area contributed by atoms with Crippen LogP contribution in [0, 0.1) is 11.8 Å². The summed E-state index contributed by atoms with van der Waals surface area (Å²) in [5.74, 6) is 0.750. The number of carboxylic acids is 1. The number of hydrogen-bond acceptors (Lipinski definition) is 3. The number of hydrogen-bond donors (Lipinski definition) is 1. The second kappa shape index (κ2) is 6.10. The van der Waals surface area contributed by atoms with E-state index in [9.17, 15) is 4.79 Å². The maximum absolute atomic E-state index is 10.8. The smallest absolute Gasteiger partial charge is 0.313 e. The Morgan fingerprint density at radius 1 is 1.43 bits per heavy atom. The summed E-state index contributed by atoms with van der Waals surface area (Å²) in [4.78, 5) is 15.4. The highest BCUT2D eigenvalue weighted by Crippen LogP contribution is 2.34. The van der Waals surface area contributed by atoms with Gasteiger partial charge in [-0.1, -0.05) is 37.2 Å². The van der Waals surface area contributed by atoms with Gasteiger partial charge >= 0.3 is 5.97 Å². The molecule has 5 heteroatoms. The molecule has 0 spiro atoms. The molecule has 112 valence electrons. The Morgan fingerprint density at radius 3 is 2.95 bits per heavy atom. The Bertz CT molecular complexity index is 653. The van der Waals surface area contributed by atoms with Crippen molar-refractivity contribution in [2.24, 2.45) is 11.8 Å². The van der Waals surface area contributed by atoms with Crippen LogP contribution in [0.4, 0.5) is 0 Å². The molecule has 0 saturated heterocycles. The lowest BCUT2D eigenvalue weighted by atomic mass is 10.1.